The van der Waals surface area contributed by atoms with Gasteiger partial charge in [-0.15, -0.1) is 0 Å². The summed E-state index contributed by atoms with van der Waals surface area (Å²) in [4.78, 5) is 28.0. The van der Waals surface area contributed by atoms with Crippen molar-refractivity contribution in [2.45, 2.75) is 45.2 Å². The molecule has 7 heteroatoms. The van der Waals surface area contributed by atoms with Crippen molar-refractivity contribution in [1.29, 1.82) is 0 Å². The van der Waals surface area contributed by atoms with E-state index in [1.54, 1.807) is 0 Å². The van der Waals surface area contributed by atoms with E-state index in [2.05, 4.69) is 5.32 Å². The molecule has 16 heavy (non-hydrogen) atoms. The van der Waals surface area contributed by atoms with Crippen LogP contribution in [0.5, 0.6) is 0 Å². The molecule has 0 rings (SSSR count). The lowest BCUT2D eigenvalue weighted by molar-refractivity contribution is -0.139. The third kappa shape index (κ3) is 8.85. The molecule has 0 aliphatic rings. The van der Waals surface area contributed by atoms with Crippen molar-refractivity contribution >= 4 is 13.6 Å². The van der Waals surface area contributed by atoms with Crippen LogP contribution in [0.25, 0.3) is 0 Å². The molecule has 0 heterocycles. The van der Waals surface area contributed by atoms with Gasteiger partial charge in [-0.3, -0.25) is 9.36 Å². The molecule has 0 aromatic carbocycles. The molecule has 0 fully saturated rings. The summed E-state index contributed by atoms with van der Waals surface area (Å²) >= 11 is 0. The molecule has 0 aromatic heterocycles. The molecule has 1 atom stereocenters. The van der Waals surface area contributed by atoms with Gasteiger partial charge in [0.25, 0.3) is 0 Å². The molecule has 0 aliphatic carbocycles. The van der Waals surface area contributed by atoms with Crippen molar-refractivity contribution in [2.75, 3.05) is 6.16 Å². The molecule has 0 aromatic rings. The summed E-state index contributed by atoms with van der Waals surface area (Å²) in [7, 11) is -3.94. The SMILES string of the molecule is CC(C)NC(CCCCP(=O)(O)O)C(=O)O. The molecule has 0 amide bonds. The zero-order valence-electron chi connectivity index (χ0n) is 9.59. The Labute approximate surface area is 95.2 Å². The number of hydrogen-bond donors (Lipinski definition) is 4. The molecular weight excluding hydrogens is 233 g/mol. The minimum atomic E-state index is -3.94. The standard InChI is InChI=1S/C9H20NO5P/c1-7(2)10-8(9(11)12)5-3-4-6-16(13,14)15/h7-8,10H,3-6H2,1-2H3,(H,11,12)(H2,13,14,15). The topological polar surface area (TPSA) is 107 Å². The second-order valence-corrected chi connectivity index (χ2v) is 5.87. The summed E-state index contributed by atoms with van der Waals surface area (Å²) in [6.07, 6.45) is 1.03. The van der Waals surface area contributed by atoms with Gasteiger partial charge in [-0.25, -0.2) is 0 Å². The summed E-state index contributed by atoms with van der Waals surface area (Å²) < 4.78 is 10.6. The highest BCUT2D eigenvalue weighted by Crippen LogP contribution is 2.35. The number of carboxylic acid groups (broad SMARTS) is 1. The fraction of sp³-hybridized carbons (Fsp3) is 0.889. The van der Waals surface area contributed by atoms with E-state index in [0.29, 0.717) is 19.3 Å². The van der Waals surface area contributed by atoms with Crippen molar-refractivity contribution in [3.8, 4) is 0 Å². The van der Waals surface area contributed by atoms with Crippen LogP contribution in [0.3, 0.4) is 0 Å². The quantitative estimate of drug-likeness (QED) is 0.376. The van der Waals surface area contributed by atoms with Crippen LogP contribution in [-0.2, 0) is 9.36 Å². The Morgan fingerprint density at radius 1 is 1.31 bits per heavy atom. The number of unbranched alkanes of at least 4 members (excludes halogenated alkanes) is 1. The van der Waals surface area contributed by atoms with Gasteiger partial charge in [0.1, 0.15) is 6.04 Å². The Balaban J connectivity index is 3.86. The Morgan fingerprint density at radius 2 is 1.88 bits per heavy atom. The second kappa shape index (κ2) is 7.01. The fourth-order valence-electron chi connectivity index (χ4n) is 1.35. The van der Waals surface area contributed by atoms with Gasteiger partial charge in [-0.2, -0.15) is 0 Å². The third-order valence-corrected chi connectivity index (χ3v) is 2.92. The summed E-state index contributed by atoms with van der Waals surface area (Å²) in [6, 6.07) is -0.570. The molecule has 0 saturated carbocycles. The molecule has 1 unspecified atom stereocenters. The van der Waals surface area contributed by atoms with Gasteiger partial charge in [0, 0.05) is 12.2 Å². The molecule has 0 spiro atoms. The fourth-order valence-corrected chi connectivity index (χ4v) is 1.98. The Hall–Kier alpha value is -0.420. The number of carbonyl (C=O) groups is 1. The van der Waals surface area contributed by atoms with E-state index in [4.69, 9.17) is 14.9 Å². The van der Waals surface area contributed by atoms with Crippen molar-refractivity contribution < 1.29 is 24.3 Å². The largest absolute Gasteiger partial charge is 0.480 e. The number of nitrogens with one attached hydrogen (secondary N) is 1. The number of hydrogen-bond acceptors (Lipinski definition) is 3. The van der Waals surface area contributed by atoms with Crippen LogP contribution >= 0.6 is 7.60 Å². The minimum Gasteiger partial charge on any atom is -0.480 e. The Bertz CT molecular complexity index is 263. The summed E-state index contributed by atoms with van der Waals surface area (Å²) in [5.74, 6) is -0.926. The molecular formula is C9H20NO5P. The van der Waals surface area contributed by atoms with Crippen LogP contribution in [0.4, 0.5) is 0 Å². The zero-order valence-corrected chi connectivity index (χ0v) is 10.5. The van der Waals surface area contributed by atoms with Gasteiger partial charge in [-0.05, 0) is 12.8 Å². The van der Waals surface area contributed by atoms with Crippen LogP contribution in [0.15, 0.2) is 0 Å². The summed E-state index contributed by atoms with van der Waals surface area (Å²) in [6.45, 7) is 3.71. The smallest absolute Gasteiger partial charge is 0.325 e. The predicted octanol–water partition coefficient (Wildman–Crippen LogP) is 0.786. The second-order valence-electron chi connectivity index (χ2n) is 4.10. The van der Waals surface area contributed by atoms with Crippen LogP contribution in [0.1, 0.15) is 33.1 Å². The van der Waals surface area contributed by atoms with Crippen LogP contribution in [-0.4, -0.2) is 39.1 Å². The van der Waals surface area contributed by atoms with Crippen molar-refractivity contribution in [1.82, 2.24) is 5.32 Å². The first-order valence-corrected chi connectivity index (χ1v) is 7.05. The van der Waals surface area contributed by atoms with Gasteiger partial charge >= 0.3 is 13.6 Å². The van der Waals surface area contributed by atoms with E-state index in [1.165, 1.54) is 0 Å². The number of aliphatic carboxylic acids is 1. The lowest BCUT2D eigenvalue weighted by atomic mass is 10.1. The van der Waals surface area contributed by atoms with E-state index in [1.807, 2.05) is 13.8 Å². The number of rotatable bonds is 8. The Morgan fingerprint density at radius 3 is 2.25 bits per heavy atom. The normalized spacial score (nSPS) is 14.1. The maximum Gasteiger partial charge on any atom is 0.325 e. The monoisotopic (exact) mass is 253 g/mol. The first-order valence-electron chi connectivity index (χ1n) is 5.26. The first-order chi connectivity index (χ1) is 7.22. The highest BCUT2D eigenvalue weighted by Gasteiger charge is 2.18. The van der Waals surface area contributed by atoms with E-state index in [9.17, 15) is 9.36 Å². The van der Waals surface area contributed by atoms with Crippen LogP contribution in [0.2, 0.25) is 0 Å². The summed E-state index contributed by atoms with van der Waals surface area (Å²) in [5, 5.41) is 11.7. The van der Waals surface area contributed by atoms with Gasteiger partial charge < -0.3 is 20.2 Å². The lowest BCUT2D eigenvalue weighted by Crippen LogP contribution is -2.40. The maximum absolute atomic E-state index is 10.8. The van der Waals surface area contributed by atoms with Gasteiger partial charge in [0.2, 0.25) is 0 Å². The van der Waals surface area contributed by atoms with E-state index in [0.717, 1.165) is 0 Å². The molecule has 0 saturated heterocycles. The average Bonchev–Trinajstić information content (AvgIpc) is 2.07. The minimum absolute atomic E-state index is 0.0721. The maximum atomic E-state index is 10.8. The average molecular weight is 253 g/mol. The third-order valence-electron chi connectivity index (χ3n) is 2.02. The molecule has 0 bridgehead atoms. The highest BCUT2D eigenvalue weighted by molar-refractivity contribution is 7.51. The van der Waals surface area contributed by atoms with Gasteiger partial charge in [0.05, 0.1) is 0 Å². The lowest BCUT2D eigenvalue weighted by Gasteiger charge is -2.17. The molecule has 6 nitrogen and oxygen atoms in total. The molecule has 0 aliphatic heterocycles. The van der Waals surface area contributed by atoms with Crippen molar-refractivity contribution in [3.05, 3.63) is 0 Å². The zero-order chi connectivity index (χ0) is 12.8. The first kappa shape index (κ1) is 15.6. The van der Waals surface area contributed by atoms with E-state index in [-0.39, 0.29) is 12.2 Å². The van der Waals surface area contributed by atoms with Crippen LogP contribution in [0, 0.1) is 0 Å². The molecule has 0 radical (unpaired) electrons. The van der Waals surface area contributed by atoms with Gasteiger partial charge in [-0.1, -0.05) is 20.3 Å². The predicted molar refractivity (Wildman–Crippen MR) is 60.5 cm³/mol. The van der Waals surface area contributed by atoms with Crippen molar-refractivity contribution in [2.24, 2.45) is 0 Å². The van der Waals surface area contributed by atoms with Gasteiger partial charge in [0.15, 0.2) is 0 Å². The van der Waals surface area contributed by atoms with E-state index < -0.39 is 19.6 Å². The van der Waals surface area contributed by atoms with Crippen molar-refractivity contribution in [3.63, 3.8) is 0 Å². The highest BCUT2D eigenvalue weighted by atomic mass is 31.2. The Kier molecular flexibility index (Phi) is 6.83. The van der Waals surface area contributed by atoms with Crippen LogP contribution < -0.4 is 5.32 Å². The summed E-state index contributed by atoms with van der Waals surface area (Å²) in [5.41, 5.74) is 0. The molecule has 96 valence electrons. The number of carboxylic acids is 1. The van der Waals surface area contributed by atoms with E-state index >= 15 is 0 Å². The molecule has 4 N–H and O–H groups in total.